The second kappa shape index (κ2) is 9.27. The molecule has 2 aromatic carbocycles. The summed E-state index contributed by atoms with van der Waals surface area (Å²) < 4.78 is 0. The zero-order valence-electron chi connectivity index (χ0n) is 15.1. The molecule has 27 heavy (non-hydrogen) atoms. The molecule has 0 bridgehead atoms. The molecule has 3 rings (SSSR count). The molecule has 136 valence electrons. The van der Waals surface area contributed by atoms with E-state index in [0.29, 0.717) is 5.57 Å². The van der Waals surface area contributed by atoms with Crippen molar-refractivity contribution < 1.29 is 0 Å². The van der Waals surface area contributed by atoms with E-state index in [9.17, 15) is 5.26 Å². The summed E-state index contributed by atoms with van der Waals surface area (Å²) in [6, 6.07) is 20.6. The van der Waals surface area contributed by atoms with Crippen LogP contribution in [-0.2, 0) is 13.1 Å². The van der Waals surface area contributed by atoms with Crippen molar-refractivity contribution in [2.75, 3.05) is 11.9 Å². The quantitative estimate of drug-likeness (QED) is 0.600. The van der Waals surface area contributed by atoms with Gasteiger partial charge < -0.3 is 5.32 Å². The minimum absolute atomic E-state index is 0.266. The number of benzene rings is 2. The third-order valence-corrected chi connectivity index (χ3v) is 4.19. The first-order valence-electron chi connectivity index (χ1n) is 8.75. The van der Waals surface area contributed by atoms with Crippen molar-refractivity contribution in [2.45, 2.75) is 20.0 Å². The molecule has 0 radical (unpaired) electrons. The molecule has 0 amide bonds. The fraction of sp³-hybridized carbons (Fsp3) is 0.200. The van der Waals surface area contributed by atoms with Gasteiger partial charge in [0.05, 0.1) is 0 Å². The van der Waals surface area contributed by atoms with E-state index in [0.717, 1.165) is 30.9 Å². The van der Waals surface area contributed by atoms with Gasteiger partial charge in [0.1, 0.15) is 11.6 Å². The summed E-state index contributed by atoms with van der Waals surface area (Å²) >= 11 is 0. The van der Waals surface area contributed by atoms with Crippen LogP contribution in [0.2, 0.25) is 0 Å². The van der Waals surface area contributed by atoms with E-state index in [4.69, 9.17) is 0 Å². The molecule has 2 N–H and O–H groups in total. The maximum absolute atomic E-state index is 9.30. The summed E-state index contributed by atoms with van der Waals surface area (Å²) in [6.45, 7) is 4.77. The average Bonchev–Trinajstić information content (AvgIpc) is 3.24. The Morgan fingerprint density at radius 3 is 2.63 bits per heavy atom. The molecule has 0 fully saturated rings. The molecule has 3 aromatic rings. The van der Waals surface area contributed by atoms with E-state index in [2.05, 4.69) is 74.2 Å². The van der Waals surface area contributed by atoms with Gasteiger partial charge in [0.15, 0.2) is 0 Å². The molecule has 1 aromatic heterocycles. The Morgan fingerprint density at radius 1 is 1.15 bits per heavy atom. The first kappa shape index (κ1) is 18.3. The third-order valence-electron chi connectivity index (χ3n) is 4.19. The number of para-hydroxylation sites is 1. The number of H-pyrrole nitrogens is 1. The van der Waals surface area contributed by atoms with Crippen molar-refractivity contribution in [1.29, 1.82) is 5.26 Å². The van der Waals surface area contributed by atoms with Gasteiger partial charge in [0.25, 0.3) is 0 Å². The summed E-state index contributed by atoms with van der Waals surface area (Å²) in [6.07, 6.45) is 1.61. The van der Waals surface area contributed by atoms with Gasteiger partial charge in [-0.05, 0) is 29.0 Å². The standard InChI is InChI=1S/C20H21N7/c1-2-27(14-16-8-4-3-5-9-16)15-17-10-6-7-11-19(17)22-13-18(12-21)20-23-25-26-24-20/h3-11,13,22H,2,14-15H2,1H3,(H,23,24,25,26). The summed E-state index contributed by atoms with van der Waals surface area (Å²) in [5.74, 6) is 0.266. The van der Waals surface area contributed by atoms with Crippen LogP contribution in [0.3, 0.4) is 0 Å². The van der Waals surface area contributed by atoms with Crippen LogP contribution in [-0.4, -0.2) is 32.1 Å². The number of nitrogens with one attached hydrogen (secondary N) is 2. The van der Waals surface area contributed by atoms with Gasteiger partial charge in [0.2, 0.25) is 5.82 Å². The number of nitrogens with zero attached hydrogens (tertiary/aromatic N) is 5. The zero-order valence-corrected chi connectivity index (χ0v) is 15.1. The molecular formula is C20H21N7. The molecule has 7 nitrogen and oxygen atoms in total. The van der Waals surface area contributed by atoms with E-state index in [1.54, 1.807) is 6.20 Å². The van der Waals surface area contributed by atoms with E-state index < -0.39 is 0 Å². The van der Waals surface area contributed by atoms with Gasteiger partial charge >= 0.3 is 0 Å². The topological polar surface area (TPSA) is 93.5 Å². The molecule has 0 aliphatic heterocycles. The number of hydrogen-bond donors (Lipinski definition) is 2. The lowest BCUT2D eigenvalue weighted by Gasteiger charge is -2.22. The first-order chi connectivity index (χ1) is 13.3. The van der Waals surface area contributed by atoms with Crippen molar-refractivity contribution in [1.82, 2.24) is 25.5 Å². The predicted molar refractivity (Wildman–Crippen MR) is 104 cm³/mol. The molecule has 0 saturated carbocycles. The van der Waals surface area contributed by atoms with Crippen LogP contribution in [0.1, 0.15) is 23.9 Å². The number of rotatable bonds is 8. The minimum atomic E-state index is 0.266. The second-order valence-electron chi connectivity index (χ2n) is 6.00. The van der Waals surface area contributed by atoms with Crippen LogP contribution in [0.5, 0.6) is 0 Å². The monoisotopic (exact) mass is 359 g/mol. The summed E-state index contributed by atoms with van der Waals surface area (Å²) in [5, 5.41) is 26.1. The summed E-state index contributed by atoms with van der Waals surface area (Å²) in [5.41, 5.74) is 3.70. The Labute approximate surface area is 158 Å². The first-order valence-corrected chi connectivity index (χ1v) is 8.75. The lowest BCUT2D eigenvalue weighted by atomic mass is 10.1. The Balaban J connectivity index is 1.74. The van der Waals surface area contributed by atoms with Crippen molar-refractivity contribution in [3.63, 3.8) is 0 Å². The number of nitriles is 1. The van der Waals surface area contributed by atoms with Gasteiger partial charge in [-0.1, -0.05) is 55.5 Å². The van der Waals surface area contributed by atoms with Crippen LogP contribution in [0, 0.1) is 11.3 Å². The Morgan fingerprint density at radius 2 is 1.93 bits per heavy atom. The molecule has 0 unspecified atom stereocenters. The maximum Gasteiger partial charge on any atom is 0.216 e. The fourth-order valence-corrected chi connectivity index (χ4v) is 2.73. The van der Waals surface area contributed by atoms with Crippen LogP contribution in [0.15, 0.2) is 60.8 Å². The van der Waals surface area contributed by atoms with Crippen LogP contribution in [0.4, 0.5) is 5.69 Å². The van der Waals surface area contributed by atoms with E-state index >= 15 is 0 Å². The zero-order chi connectivity index (χ0) is 18.9. The summed E-state index contributed by atoms with van der Waals surface area (Å²) in [4.78, 5) is 2.37. The van der Waals surface area contributed by atoms with E-state index in [-0.39, 0.29) is 5.82 Å². The highest BCUT2D eigenvalue weighted by Crippen LogP contribution is 2.19. The van der Waals surface area contributed by atoms with Crippen molar-refractivity contribution in [3.05, 3.63) is 77.7 Å². The molecule has 0 saturated heterocycles. The SMILES string of the molecule is CCN(Cc1ccccc1)Cc1ccccc1NC=C(C#N)c1nn[nH]n1. The fourth-order valence-electron chi connectivity index (χ4n) is 2.73. The predicted octanol–water partition coefficient (Wildman–Crippen LogP) is 3.20. The number of anilines is 1. The highest BCUT2D eigenvalue weighted by molar-refractivity contribution is 5.74. The third kappa shape index (κ3) is 5.00. The van der Waals surface area contributed by atoms with Gasteiger partial charge in [-0.15, -0.1) is 10.2 Å². The van der Waals surface area contributed by atoms with Gasteiger partial charge in [-0.3, -0.25) is 4.90 Å². The van der Waals surface area contributed by atoms with Crippen molar-refractivity contribution in [3.8, 4) is 6.07 Å². The molecule has 0 aliphatic carbocycles. The van der Waals surface area contributed by atoms with Crippen LogP contribution < -0.4 is 5.32 Å². The highest BCUT2D eigenvalue weighted by Gasteiger charge is 2.09. The lowest BCUT2D eigenvalue weighted by molar-refractivity contribution is 0.272. The number of hydrogen-bond acceptors (Lipinski definition) is 6. The van der Waals surface area contributed by atoms with E-state index in [1.807, 2.05) is 24.3 Å². The van der Waals surface area contributed by atoms with Crippen LogP contribution >= 0.6 is 0 Å². The molecule has 0 atom stereocenters. The number of aromatic nitrogens is 4. The molecule has 7 heteroatoms. The largest absolute Gasteiger partial charge is 0.360 e. The number of allylic oxidation sites excluding steroid dienone is 1. The molecular weight excluding hydrogens is 338 g/mol. The minimum Gasteiger partial charge on any atom is -0.360 e. The molecule has 0 aliphatic rings. The molecule has 1 heterocycles. The maximum atomic E-state index is 9.30. The Kier molecular flexibility index (Phi) is 6.28. The second-order valence-corrected chi connectivity index (χ2v) is 6.00. The lowest BCUT2D eigenvalue weighted by Crippen LogP contribution is -2.22. The van der Waals surface area contributed by atoms with Gasteiger partial charge in [-0.25, -0.2) is 0 Å². The van der Waals surface area contributed by atoms with Gasteiger partial charge in [-0.2, -0.15) is 10.5 Å². The Hall–Kier alpha value is -3.50. The summed E-state index contributed by atoms with van der Waals surface area (Å²) in [7, 11) is 0. The highest BCUT2D eigenvalue weighted by atomic mass is 15.5. The van der Waals surface area contributed by atoms with E-state index in [1.165, 1.54) is 5.56 Å². The number of aromatic amines is 1. The van der Waals surface area contributed by atoms with Crippen LogP contribution in [0.25, 0.3) is 5.57 Å². The normalized spacial score (nSPS) is 11.4. The van der Waals surface area contributed by atoms with Gasteiger partial charge in [0, 0.05) is 25.0 Å². The van der Waals surface area contributed by atoms with Crippen molar-refractivity contribution >= 4 is 11.3 Å². The molecule has 0 spiro atoms. The Bertz CT molecular complexity index is 911. The number of tetrazole rings is 1. The van der Waals surface area contributed by atoms with Crippen molar-refractivity contribution in [2.24, 2.45) is 0 Å². The smallest absolute Gasteiger partial charge is 0.216 e. The average molecular weight is 359 g/mol.